The lowest BCUT2D eigenvalue weighted by Crippen LogP contribution is -2.70. The Bertz CT molecular complexity index is 1050. The van der Waals surface area contributed by atoms with E-state index in [0.717, 1.165) is 34.6 Å². The Morgan fingerprint density at radius 2 is 1.31 bits per heavy atom. The molecule has 10 atom stereocenters. The van der Waals surface area contributed by atoms with Crippen molar-refractivity contribution >= 4 is 37.3 Å². The molecule has 2 aliphatic rings. The van der Waals surface area contributed by atoms with Gasteiger partial charge in [-0.2, -0.15) is 0 Å². The van der Waals surface area contributed by atoms with Crippen LogP contribution in [0.25, 0.3) is 0 Å². The van der Waals surface area contributed by atoms with E-state index >= 15 is 0 Å². The lowest BCUT2D eigenvalue weighted by Gasteiger charge is -2.49. The van der Waals surface area contributed by atoms with Crippen LogP contribution in [0.5, 0.6) is 0 Å². The molecule has 6 unspecified atom stereocenters. The minimum absolute atomic E-state index is 0.538. The average molecular weight is 629 g/mol. The fourth-order valence-electron chi connectivity index (χ4n) is 4.71. The molecule has 2 heterocycles. The van der Waals surface area contributed by atoms with Crippen LogP contribution >= 0.6 is 7.60 Å². The molecule has 0 aliphatic carbocycles. The van der Waals surface area contributed by atoms with Crippen LogP contribution < -0.4 is 10.6 Å². The summed E-state index contributed by atoms with van der Waals surface area (Å²) in [4.78, 5) is 78.5. The van der Waals surface area contributed by atoms with Gasteiger partial charge in [0.15, 0.2) is 18.5 Å². The standard InChI is InChI=1S/C23H37N2O16P/c1-9(27)24-17-16(8-42(33,34)35)39-14(6-26)20(19(17)32)41-23-18(25-10(2)28)22(38-13(5)31)21(37-12(4)30)15(40-23)7-36-11(3)29/h14-23,26,32H,6-8H2,1-5H3,(H,24,27)(H,25,28)(H2,33,34,35)/t14?,15?,16-,17?,18?,19?,20-,21-,22?,23+/m1/s1. The van der Waals surface area contributed by atoms with Gasteiger partial charge in [0.2, 0.25) is 11.8 Å². The molecule has 19 heteroatoms. The molecule has 2 amide bonds. The predicted molar refractivity (Wildman–Crippen MR) is 135 cm³/mol. The van der Waals surface area contributed by atoms with Crippen molar-refractivity contribution in [3.05, 3.63) is 0 Å². The third-order valence-corrected chi connectivity index (χ3v) is 6.99. The number of aliphatic hydroxyl groups is 2. The van der Waals surface area contributed by atoms with Crippen molar-refractivity contribution in [2.45, 2.75) is 95.7 Å². The fourth-order valence-corrected chi connectivity index (χ4v) is 5.49. The number of esters is 3. The molecule has 240 valence electrons. The highest BCUT2D eigenvalue weighted by atomic mass is 31.2. The van der Waals surface area contributed by atoms with Gasteiger partial charge in [0.1, 0.15) is 37.1 Å². The molecule has 0 spiro atoms. The highest BCUT2D eigenvalue weighted by Crippen LogP contribution is 2.39. The lowest BCUT2D eigenvalue weighted by atomic mass is 9.92. The van der Waals surface area contributed by atoms with Gasteiger partial charge >= 0.3 is 25.5 Å². The van der Waals surface area contributed by atoms with Gasteiger partial charge in [-0.25, -0.2) is 0 Å². The van der Waals surface area contributed by atoms with Gasteiger partial charge in [0.05, 0.1) is 24.9 Å². The van der Waals surface area contributed by atoms with Crippen molar-refractivity contribution in [2.75, 3.05) is 19.4 Å². The molecule has 18 nitrogen and oxygen atoms in total. The molecule has 0 aromatic rings. The molecular formula is C23H37N2O16P. The Kier molecular flexibility index (Phi) is 12.8. The zero-order valence-electron chi connectivity index (χ0n) is 23.5. The summed E-state index contributed by atoms with van der Waals surface area (Å²) < 4.78 is 44.9. The second-order valence-electron chi connectivity index (χ2n) is 9.78. The number of carbonyl (C=O) groups is 5. The summed E-state index contributed by atoms with van der Waals surface area (Å²) >= 11 is 0. The molecule has 42 heavy (non-hydrogen) atoms. The van der Waals surface area contributed by atoms with E-state index in [9.17, 15) is 48.5 Å². The van der Waals surface area contributed by atoms with Gasteiger partial charge < -0.3 is 59.1 Å². The molecule has 0 aromatic heterocycles. The Morgan fingerprint density at radius 3 is 1.79 bits per heavy atom. The Hall–Kier alpha value is -2.70. The van der Waals surface area contributed by atoms with Crippen LogP contribution in [0.4, 0.5) is 0 Å². The van der Waals surface area contributed by atoms with Gasteiger partial charge in [0, 0.05) is 34.6 Å². The van der Waals surface area contributed by atoms with Crippen LogP contribution in [0.3, 0.4) is 0 Å². The van der Waals surface area contributed by atoms with Crippen molar-refractivity contribution in [3.63, 3.8) is 0 Å². The number of aliphatic hydroxyl groups excluding tert-OH is 2. The van der Waals surface area contributed by atoms with Gasteiger partial charge in [0.25, 0.3) is 0 Å². The van der Waals surface area contributed by atoms with E-state index in [1.165, 1.54) is 0 Å². The maximum atomic E-state index is 12.2. The van der Waals surface area contributed by atoms with Crippen LogP contribution in [-0.2, 0) is 57.0 Å². The highest BCUT2D eigenvalue weighted by Gasteiger charge is 2.55. The number of ether oxygens (including phenoxy) is 6. The normalized spacial score (nSPS) is 33.2. The van der Waals surface area contributed by atoms with E-state index in [0.29, 0.717) is 0 Å². The van der Waals surface area contributed by atoms with Crippen LogP contribution in [0.15, 0.2) is 0 Å². The SMILES string of the molecule is CC(=O)NC1C(OC(C)=O)[C@H](OC(C)=O)C(COC(C)=O)O[C@H]1O[C@@H]1C(CO)O[C@H](CP(=O)(O)O)C(NC(C)=O)C1O. The number of hydrogen-bond donors (Lipinski definition) is 6. The summed E-state index contributed by atoms with van der Waals surface area (Å²) in [6.07, 6.45) is -13.1. The summed E-state index contributed by atoms with van der Waals surface area (Å²) in [6.45, 7) is 4.02. The molecule has 6 N–H and O–H groups in total. The summed E-state index contributed by atoms with van der Waals surface area (Å²) in [7, 11) is -4.74. The van der Waals surface area contributed by atoms with E-state index in [2.05, 4.69) is 10.6 Å². The Labute approximate surface area is 240 Å². The molecule has 0 radical (unpaired) electrons. The minimum Gasteiger partial charge on any atom is -0.463 e. The third-order valence-electron chi connectivity index (χ3n) is 6.15. The smallest absolute Gasteiger partial charge is 0.328 e. The number of carbonyl (C=O) groups excluding carboxylic acids is 5. The molecule has 2 saturated heterocycles. The van der Waals surface area contributed by atoms with Gasteiger partial charge in [-0.3, -0.25) is 28.5 Å². The quantitative estimate of drug-likeness (QED) is 0.0749. The molecule has 2 aliphatic heterocycles. The van der Waals surface area contributed by atoms with E-state index in [-0.39, 0.29) is 0 Å². The van der Waals surface area contributed by atoms with Crippen LogP contribution in [0.2, 0.25) is 0 Å². The highest BCUT2D eigenvalue weighted by molar-refractivity contribution is 7.51. The maximum absolute atomic E-state index is 12.2. The first-order chi connectivity index (χ1) is 19.4. The van der Waals surface area contributed by atoms with Crippen LogP contribution in [-0.4, -0.2) is 130 Å². The number of amides is 2. The van der Waals surface area contributed by atoms with Crippen molar-refractivity contribution in [3.8, 4) is 0 Å². The van der Waals surface area contributed by atoms with E-state index in [1.807, 2.05) is 0 Å². The Balaban J connectivity index is 2.54. The Morgan fingerprint density at radius 1 is 0.762 bits per heavy atom. The number of rotatable bonds is 11. The van der Waals surface area contributed by atoms with Gasteiger partial charge in [-0.1, -0.05) is 0 Å². The van der Waals surface area contributed by atoms with Gasteiger partial charge in [-0.15, -0.1) is 0 Å². The lowest BCUT2D eigenvalue weighted by molar-refractivity contribution is -0.315. The van der Waals surface area contributed by atoms with E-state index < -0.39 is 118 Å². The summed E-state index contributed by atoms with van der Waals surface area (Å²) in [5.74, 6) is -3.80. The zero-order valence-corrected chi connectivity index (χ0v) is 24.4. The molecule has 0 saturated carbocycles. The largest absolute Gasteiger partial charge is 0.463 e. The zero-order chi connectivity index (χ0) is 31.9. The van der Waals surface area contributed by atoms with Crippen molar-refractivity contribution in [2.24, 2.45) is 0 Å². The first-order valence-corrected chi connectivity index (χ1v) is 14.5. The summed E-state index contributed by atoms with van der Waals surface area (Å²) in [6, 6.07) is -2.87. The van der Waals surface area contributed by atoms with Crippen LogP contribution in [0.1, 0.15) is 34.6 Å². The second kappa shape index (κ2) is 15.2. The second-order valence-corrected chi connectivity index (χ2v) is 11.5. The average Bonchev–Trinajstić information content (AvgIpc) is 2.83. The van der Waals surface area contributed by atoms with Crippen molar-refractivity contribution in [1.29, 1.82) is 0 Å². The molecule has 0 aromatic carbocycles. The minimum atomic E-state index is -4.74. The molecular weight excluding hydrogens is 591 g/mol. The first-order valence-electron chi connectivity index (χ1n) is 12.7. The first kappa shape index (κ1) is 35.5. The maximum Gasteiger partial charge on any atom is 0.328 e. The summed E-state index contributed by atoms with van der Waals surface area (Å²) in [5.41, 5.74) is 0. The van der Waals surface area contributed by atoms with Crippen molar-refractivity contribution in [1.82, 2.24) is 10.6 Å². The predicted octanol–water partition coefficient (Wildman–Crippen LogP) is -3.17. The fraction of sp³-hybridized carbons (Fsp3) is 0.783. The van der Waals surface area contributed by atoms with Crippen molar-refractivity contribution < 1.29 is 77.0 Å². The number of hydrogen-bond acceptors (Lipinski definition) is 14. The third kappa shape index (κ3) is 10.2. The molecule has 2 fully saturated rings. The monoisotopic (exact) mass is 628 g/mol. The van der Waals surface area contributed by atoms with E-state index in [4.69, 9.17) is 28.4 Å². The number of nitrogens with one attached hydrogen (secondary N) is 2. The topological polar surface area (TPSA) is 263 Å². The molecule has 2 rings (SSSR count). The van der Waals surface area contributed by atoms with E-state index in [1.54, 1.807) is 0 Å². The summed E-state index contributed by atoms with van der Waals surface area (Å²) in [5, 5.41) is 26.1. The van der Waals surface area contributed by atoms with Crippen LogP contribution in [0, 0.1) is 0 Å². The molecule has 0 bridgehead atoms. The van der Waals surface area contributed by atoms with Gasteiger partial charge in [-0.05, 0) is 0 Å².